The Hall–Kier alpha value is -2.42. The van der Waals surface area contributed by atoms with E-state index >= 15 is 0 Å². The molecule has 0 spiro atoms. The van der Waals surface area contributed by atoms with E-state index in [0.29, 0.717) is 18.1 Å². The van der Waals surface area contributed by atoms with Gasteiger partial charge in [0.05, 0.1) is 16.8 Å². The van der Waals surface area contributed by atoms with E-state index in [1.165, 1.54) is 22.3 Å². The molecule has 3 aromatic rings. The lowest BCUT2D eigenvalue weighted by molar-refractivity contribution is -0.119. The Labute approximate surface area is 188 Å². The second kappa shape index (κ2) is 10.3. The van der Waals surface area contributed by atoms with E-state index in [-0.39, 0.29) is 22.6 Å². The van der Waals surface area contributed by atoms with Gasteiger partial charge < -0.3 is 5.32 Å². The summed E-state index contributed by atoms with van der Waals surface area (Å²) in [5, 5.41) is 5.91. The Morgan fingerprint density at radius 1 is 1.06 bits per heavy atom. The van der Waals surface area contributed by atoms with Crippen LogP contribution in [0.1, 0.15) is 32.4 Å². The number of carbonyl (C=O) groups is 1. The standard InChI is InChI=1S/C23H27N3O3S2/c1-4-26(5-2)31(28,29)21-12-13-23(24-15-21)30-16-22(27)25-17(3)19-11-10-18-8-6-7-9-20(18)14-19/h6-15,17H,4-5,16H2,1-3H3,(H,25,27). The van der Waals surface area contributed by atoms with Crippen molar-refractivity contribution < 1.29 is 13.2 Å². The molecule has 1 aromatic heterocycles. The van der Waals surface area contributed by atoms with Crippen LogP contribution < -0.4 is 5.32 Å². The molecule has 31 heavy (non-hydrogen) atoms. The van der Waals surface area contributed by atoms with Crippen molar-refractivity contribution in [1.29, 1.82) is 0 Å². The van der Waals surface area contributed by atoms with Crippen molar-refractivity contribution in [3.8, 4) is 0 Å². The summed E-state index contributed by atoms with van der Waals surface area (Å²) in [6, 6.07) is 17.3. The van der Waals surface area contributed by atoms with Crippen molar-refractivity contribution in [1.82, 2.24) is 14.6 Å². The summed E-state index contributed by atoms with van der Waals surface area (Å²) < 4.78 is 26.4. The molecule has 0 bridgehead atoms. The normalized spacial score (nSPS) is 12.8. The van der Waals surface area contributed by atoms with Crippen LogP contribution >= 0.6 is 11.8 Å². The van der Waals surface area contributed by atoms with Gasteiger partial charge in [0, 0.05) is 19.3 Å². The lowest BCUT2D eigenvalue weighted by Gasteiger charge is -2.18. The van der Waals surface area contributed by atoms with E-state index in [2.05, 4.69) is 34.6 Å². The highest BCUT2D eigenvalue weighted by molar-refractivity contribution is 7.99. The molecule has 1 heterocycles. The first-order valence-electron chi connectivity index (χ1n) is 10.2. The average Bonchev–Trinajstić information content (AvgIpc) is 2.78. The predicted molar refractivity (Wildman–Crippen MR) is 126 cm³/mol. The molecule has 0 radical (unpaired) electrons. The third kappa shape index (κ3) is 5.64. The van der Waals surface area contributed by atoms with Crippen molar-refractivity contribution >= 4 is 38.5 Å². The van der Waals surface area contributed by atoms with Gasteiger partial charge in [-0.2, -0.15) is 4.31 Å². The van der Waals surface area contributed by atoms with Crippen molar-refractivity contribution in [2.75, 3.05) is 18.8 Å². The molecular weight excluding hydrogens is 430 g/mol. The van der Waals surface area contributed by atoms with Crippen LogP contribution in [-0.4, -0.2) is 42.5 Å². The first-order valence-corrected chi connectivity index (χ1v) is 12.6. The largest absolute Gasteiger partial charge is 0.349 e. The minimum absolute atomic E-state index is 0.104. The highest BCUT2D eigenvalue weighted by Gasteiger charge is 2.21. The Bertz CT molecular complexity index is 1140. The number of thioether (sulfide) groups is 1. The molecule has 0 aliphatic heterocycles. The lowest BCUT2D eigenvalue weighted by Crippen LogP contribution is -2.30. The van der Waals surface area contributed by atoms with E-state index in [9.17, 15) is 13.2 Å². The number of carbonyl (C=O) groups excluding carboxylic acids is 1. The molecule has 0 fully saturated rings. The SMILES string of the molecule is CCN(CC)S(=O)(=O)c1ccc(SCC(=O)NC(C)c2ccc3ccccc3c2)nc1. The monoisotopic (exact) mass is 457 g/mol. The van der Waals surface area contributed by atoms with E-state index in [0.717, 1.165) is 16.3 Å². The molecule has 1 N–H and O–H groups in total. The summed E-state index contributed by atoms with van der Waals surface area (Å²) in [6.45, 7) is 6.38. The number of fused-ring (bicyclic) bond motifs is 1. The molecule has 164 valence electrons. The van der Waals surface area contributed by atoms with Crippen LogP contribution in [0, 0.1) is 0 Å². The zero-order valence-corrected chi connectivity index (χ0v) is 19.5. The van der Waals surface area contributed by atoms with Gasteiger partial charge in [-0.05, 0) is 41.5 Å². The summed E-state index contributed by atoms with van der Waals surface area (Å²) in [4.78, 5) is 16.8. The number of nitrogens with zero attached hydrogens (tertiary/aromatic N) is 2. The fourth-order valence-electron chi connectivity index (χ4n) is 3.30. The molecule has 3 rings (SSSR count). The van der Waals surface area contributed by atoms with Crippen molar-refractivity contribution in [2.24, 2.45) is 0 Å². The Morgan fingerprint density at radius 2 is 1.77 bits per heavy atom. The number of rotatable bonds is 9. The van der Waals surface area contributed by atoms with Crippen LogP contribution in [0.3, 0.4) is 0 Å². The summed E-state index contributed by atoms with van der Waals surface area (Å²) in [5.41, 5.74) is 1.04. The Balaban J connectivity index is 1.57. The van der Waals surface area contributed by atoms with Gasteiger partial charge in [-0.1, -0.05) is 62.0 Å². The van der Waals surface area contributed by atoms with E-state index in [4.69, 9.17) is 0 Å². The summed E-state index contributed by atoms with van der Waals surface area (Å²) >= 11 is 1.28. The van der Waals surface area contributed by atoms with Gasteiger partial charge in [0.25, 0.3) is 0 Å². The van der Waals surface area contributed by atoms with Crippen LogP contribution in [0.5, 0.6) is 0 Å². The summed E-state index contributed by atoms with van der Waals surface area (Å²) in [5.74, 6) is 0.0971. The molecule has 0 aliphatic carbocycles. The molecule has 1 atom stereocenters. The quantitative estimate of drug-likeness (QED) is 0.486. The van der Waals surface area contributed by atoms with Crippen LogP contribution in [0.2, 0.25) is 0 Å². The first kappa shape index (κ1) is 23.2. The molecule has 6 nitrogen and oxygen atoms in total. The molecule has 0 saturated heterocycles. The van der Waals surface area contributed by atoms with E-state index in [1.54, 1.807) is 26.0 Å². The maximum Gasteiger partial charge on any atom is 0.244 e. The lowest BCUT2D eigenvalue weighted by atomic mass is 10.0. The summed E-state index contributed by atoms with van der Waals surface area (Å²) in [7, 11) is -3.53. The van der Waals surface area contributed by atoms with Gasteiger partial charge in [0.15, 0.2) is 0 Å². The molecule has 0 saturated carbocycles. The Kier molecular flexibility index (Phi) is 7.69. The fourth-order valence-corrected chi connectivity index (χ4v) is 5.36. The average molecular weight is 458 g/mol. The highest BCUT2D eigenvalue weighted by atomic mass is 32.2. The zero-order chi connectivity index (χ0) is 22.4. The van der Waals surface area contributed by atoms with Crippen LogP contribution in [0.15, 0.2) is 70.7 Å². The third-order valence-corrected chi connectivity index (χ3v) is 8.03. The smallest absolute Gasteiger partial charge is 0.244 e. The van der Waals surface area contributed by atoms with Crippen molar-refractivity contribution in [2.45, 2.75) is 36.7 Å². The van der Waals surface area contributed by atoms with Crippen LogP contribution in [0.25, 0.3) is 10.8 Å². The van der Waals surface area contributed by atoms with Gasteiger partial charge in [-0.25, -0.2) is 13.4 Å². The maximum atomic E-state index is 12.5. The molecule has 1 unspecified atom stereocenters. The number of hydrogen-bond donors (Lipinski definition) is 1. The molecule has 0 aliphatic rings. The zero-order valence-electron chi connectivity index (χ0n) is 17.9. The van der Waals surface area contributed by atoms with E-state index in [1.807, 2.05) is 25.1 Å². The number of benzene rings is 2. The van der Waals surface area contributed by atoms with Gasteiger partial charge in [0.2, 0.25) is 15.9 Å². The van der Waals surface area contributed by atoms with Gasteiger partial charge in [-0.3, -0.25) is 4.79 Å². The topological polar surface area (TPSA) is 79.4 Å². The predicted octanol–water partition coefficient (Wildman–Crippen LogP) is 4.23. The molecular formula is C23H27N3O3S2. The number of hydrogen-bond acceptors (Lipinski definition) is 5. The Morgan fingerprint density at radius 3 is 2.42 bits per heavy atom. The summed E-state index contributed by atoms with van der Waals surface area (Å²) in [6.07, 6.45) is 1.35. The number of pyridine rings is 1. The minimum Gasteiger partial charge on any atom is -0.349 e. The highest BCUT2D eigenvalue weighted by Crippen LogP contribution is 2.22. The minimum atomic E-state index is -3.53. The first-order chi connectivity index (χ1) is 14.8. The fraction of sp³-hybridized carbons (Fsp3) is 0.304. The van der Waals surface area contributed by atoms with Crippen LogP contribution in [-0.2, 0) is 14.8 Å². The molecule has 1 amide bonds. The number of sulfonamides is 1. The maximum absolute atomic E-state index is 12.5. The van der Waals surface area contributed by atoms with E-state index < -0.39 is 10.0 Å². The second-order valence-electron chi connectivity index (χ2n) is 7.11. The molecule has 2 aromatic carbocycles. The number of amides is 1. The van der Waals surface area contributed by atoms with Gasteiger partial charge in [0.1, 0.15) is 4.90 Å². The molecule has 8 heteroatoms. The van der Waals surface area contributed by atoms with Crippen molar-refractivity contribution in [3.05, 3.63) is 66.4 Å². The van der Waals surface area contributed by atoms with Gasteiger partial charge >= 0.3 is 0 Å². The third-order valence-electron chi connectivity index (χ3n) is 5.05. The number of nitrogens with one attached hydrogen (secondary N) is 1. The van der Waals surface area contributed by atoms with Crippen LogP contribution in [0.4, 0.5) is 0 Å². The second-order valence-corrected chi connectivity index (χ2v) is 10.0. The number of aromatic nitrogens is 1. The van der Waals surface area contributed by atoms with Crippen molar-refractivity contribution in [3.63, 3.8) is 0 Å². The van der Waals surface area contributed by atoms with Gasteiger partial charge in [-0.15, -0.1) is 0 Å².